The second-order valence-corrected chi connectivity index (χ2v) is 5.00. The van der Waals surface area contributed by atoms with E-state index < -0.39 is 0 Å². The Morgan fingerprint density at radius 2 is 1.88 bits per heavy atom. The number of rotatable bonds is 3. The first-order valence-electron chi connectivity index (χ1n) is 5.48. The zero-order chi connectivity index (χ0) is 11.5. The van der Waals surface area contributed by atoms with Gasteiger partial charge in [-0.05, 0) is 18.2 Å². The number of carbonyl (C=O) groups excluding carboxylic acids is 1. The minimum atomic E-state index is 0.149. The van der Waals surface area contributed by atoms with Crippen LogP contribution in [0.1, 0.15) is 23.2 Å². The van der Waals surface area contributed by atoms with Crippen LogP contribution in [0.2, 0.25) is 10.0 Å². The van der Waals surface area contributed by atoms with Gasteiger partial charge in [-0.1, -0.05) is 23.2 Å². The van der Waals surface area contributed by atoms with Gasteiger partial charge in [-0.3, -0.25) is 4.79 Å². The van der Waals surface area contributed by atoms with E-state index in [2.05, 4.69) is 0 Å². The molecule has 0 bridgehead atoms. The van der Waals surface area contributed by atoms with Gasteiger partial charge < -0.3 is 4.90 Å². The van der Waals surface area contributed by atoms with Crippen molar-refractivity contribution in [3.8, 4) is 0 Å². The van der Waals surface area contributed by atoms with Gasteiger partial charge in [-0.2, -0.15) is 0 Å². The summed E-state index contributed by atoms with van der Waals surface area (Å²) in [5, 5.41) is 0.940. The molecule has 0 aliphatic carbocycles. The third-order valence-electron chi connectivity index (χ3n) is 2.96. The number of likely N-dealkylation sites (tertiary alicyclic amines) is 1. The third-order valence-corrected chi connectivity index (χ3v) is 3.70. The van der Waals surface area contributed by atoms with E-state index in [4.69, 9.17) is 23.2 Å². The van der Waals surface area contributed by atoms with Crippen molar-refractivity contribution < 1.29 is 9.69 Å². The molecule has 1 N–H and O–H groups in total. The van der Waals surface area contributed by atoms with E-state index in [9.17, 15) is 4.79 Å². The molecule has 0 unspecified atom stereocenters. The molecule has 0 radical (unpaired) electrons. The molecule has 0 atom stereocenters. The van der Waals surface area contributed by atoms with E-state index in [0.717, 1.165) is 13.1 Å². The summed E-state index contributed by atoms with van der Waals surface area (Å²) < 4.78 is 0. The van der Waals surface area contributed by atoms with Crippen LogP contribution in [-0.2, 0) is 0 Å². The largest absolute Gasteiger partial charge is 0.328 e. The van der Waals surface area contributed by atoms with Crippen LogP contribution in [0.25, 0.3) is 0 Å². The molecule has 0 amide bonds. The summed E-state index contributed by atoms with van der Waals surface area (Å²) in [6.07, 6.45) is 2.45. The molecule has 86 valence electrons. The van der Waals surface area contributed by atoms with Gasteiger partial charge in [0.15, 0.2) is 0 Å². The molecule has 0 spiro atoms. The summed E-state index contributed by atoms with van der Waals surface area (Å²) in [4.78, 5) is 13.3. The minimum Gasteiger partial charge on any atom is -0.328 e. The van der Waals surface area contributed by atoms with Crippen molar-refractivity contribution in [2.45, 2.75) is 12.8 Å². The Hall–Kier alpha value is -0.570. The lowest BCUT2D eigenvalue weighted by Gasteiger charge is -2.10. The Balaban J connectivity index is 2.05. The van der Waals surface area contributed by atoms with Gasteiger partial charge in [0.25, 0.3) is 0 Å². The summed E-state index contributed by atoms with van der Waals surface area (Å²) in [5.74, 6) is 0.149. The number of hydrogen-bond acceptors (Lipinski definition) is 1. The normalized spacial score (nSPS) is 16.6. The Labute approximate surface area is 105 Å². The second-order valence-electron chi connectivity index (χ2n) is 4.19. The molecule has 2 rings (SSSR count). The fourth-order valence-electron chi connectivity index (χ4n) is 2.05. The maximum Gasteiger partial charge on any atom is 0.216 e. The summed E-state index contributed by atoms with van der Waals surface area (Å²) in [7, 11) is 0. The van der Waals surface area contributed by atoms with Crippen molar-refractivity contribution in [1.82, 2.24) is 0 Å². The van der Waals surface area contributed by atoms with Crippen LogP contribution >= 0.6 is 23.2 Å². The van der Waals surface area contributed by atoms with Gasteiger partial charge in [-0.25, -0.2) is 0 Å². The first-order chi connectivity index (χ1) is 7.66. The van der Waals surface area contributed by atoms with Crippen molar-refractivity contribution in [3.63, 3.8) is 0 Å². The van der Waals surface area contributed by atoms with Gasteiger partial charge in [0.05, 0.1) is 23.1 Å². The second kappa shape index (κ2) is 5.17. The highest BCUT2D eigenvalue weighted by Crippen LogP contribution is 2.22. The van der Waals surface area contributed by atoms with Gasteiger partial charge in [0.1, 0.15) is 6.54 Å². The van der Waals surface area contributed by atoms with E-state index in [1.165, 1.54) is 17.7 Å². The zero-order valence-electron chi connectivity index (χ0n) is 8.93. The van der Waals surface area contributed by atoms with Gasteiger partial charge in [0.2, 0.25) is 5.78 Å². The SMILES string of the molecule is O=C(C[NH+]1CCCC1)c1ccc(Cl)c(Cl)c1. The molecule has 1 aromatic rings. The first kappa shape index (κ1) is 11.9. The lowest BCUT2D eigenvalue weighted by Crippen LogP contribution is -3.10. The van der Waals surface area contributed by atoms with Crippen molar-refractivity contribution in [2.24, 2.45) is 0 Å². The average molecular weight is 259 g/mol. The monoisotopic (exact) mass is 258 g/mol. The van der Waals surface area contributed by atoms with Crippen molar-refractivity contribution >= 4 is 29.0 Å². The number of carbonyl (C=O) groups is 1. The molecular formula is C12H14Cl2NO+. The molecule has 1 aliphatic heterocycles. The highest BCUT2D eigenvalue weighted by Gasteiger charge is 2.20. The molecule has 4 heteroatoms. The number of quaternary nitrogens is 1. The van der Waals surface area contributed by atoms with E-state index >= 15 is 0 Å². The van der Waals surface area contributed by atoms with Crippen molar-refractivity contribution in [3.05, 3.63) is 33.8 Å². The van der Waals surface area contributed by atoms with E-state index in [1.807, 2.05) is 0 Å². The average Bonchev–Trinajstić information content (AvgIpc) is 2.74. The maximum atomic E-state index is 11.9. The number of ketones is 1. The Kier molecular flexibility index (Phi) is 3.85. The van der Waals surface area contributed by atoms with E-state index in [-0.39, 0.29) is 5.78 Å². The predicted molar refractivity (Wildman–Crippen MR) is 65.6 cm³/mol. The van der Waals surface area contributed by atoms with Gasteiger partial charge in [-0.15, -0.1) is 0 Å². The molecule has 1 aliphatic rings. The van der Waals surface area contributed by atoms with Crippen LogP contribution in [0.5, 0.6) is 0 Å². The van der Waals surface area contributed by atoms with Crippen LogP contribution in [0.4, 0.5) is 0 Å². The number of benzene rings is 1. The molecule has 2 nitrogen and oxygen atoms in total. The predicted octanol–water partition coefficient (Wildman–Crippen LogP) is 1.85. The topological polar surface area (TPSA) is 21.5 Å². The highest BCUT2D eigenvalue weighted by molar-refractivity contribution is 6.42. The number of halogens is 2. The molecule has 1 fully saturated rings. The van der Waals surface area contributed by atoms with Crippen LogP contribution in [-0.4, -0.2) is 25.4 Å². The fourth-order valence-corrected chi connectivity index (χ4v) is 2.35. The zero-order valence-corrected chi connectivity index (χ0v) is 10.4. The van der Waals surface area contributed by atoms with Crippen LogP contribution in [0, 0.1) is 0 Å². The summed E-state index contributed by atoms with van der Waals surface area (Å²) in [6, 6.07) is 5.07. The van der Waals surface area contributed by atoms with Crippen molar-refractivity contribution in [1.29, 1.82) is 0 Å². The number of nitrogens with one attached hydrogen (secondary N) is 1. The summed E-state index contributed by atoms with van der Waals surface area (Å²) >= 11 is 11.7. The van der Waals surface area contributed by atoms with Crippen LogP contribution in [0.3, 0.4) is 0 Å². The Morgan fingerprint density at radius 3 is 2.50 bits per heavy atom. The Bertz CT molecular complexity index is 400. The summed E-state index contributed by atoms with van der Waals surface area (Å²) in [6.45, 7) is 2.78. The molecule has 1 aromatic carbocycles. The molecule has 1 heterocycles. The number of hydrogen-bond donors (Lipinski definition) is 1. The molecule has 0 saturated carbocycles. The van der Waals surface area contributed by atoms with Crippen LogP contribution in [0.15, 0.2) is 18.2 Å². The first-order valence-corrected chi connectivity index (χ1v) is 6.24. The third kappa shape index (κ3) is 2.76. The lowest BCUT2D eigenvalue weighted by molar-refractivity contribution is -0.878. The maximum absolute atomic E-state index is 11.9. The highest BCUT2D eigenvalue weighted by atomic mass is 35.5. The van der Waals surface area contributed by atoms with E-state index in [0.29, 0.717) is 22.2 Å². The Morgan fingerprint density at radius 1 is 1.19 bits per heavy atom. The fraction of sp³-hybridized carbons (Fsp3) is 0.417. The molecular weight excluding hydrogens is 245 g/mol. The summed E-state index contributed by atoms with van der Waals surface area (Å²) in [5.41, 5.74) is 0.661. The van der Waals surface area contributed by atoms with Gasteiger partial charge >= 0.3 is 0 Å². The number of Topliss-reactive ketones (excluding diaryl/α,β-unsaturated/α-hetero) is 1. The molecule has 0 aromatic heterocycles. The minimum absolute atomic E-state index is 0.149. The van der Waals surface area contributed by atoms with Crippen molar-refractivity contribution in [2.75, 3.05) is 19.6 Å². The molecule has 1 saturated heterocycles. The molecule has 16 heavy (non-hydrogen) atoms. The van der Waals surface area contributed by atoms with Gasteiger partial charge in [0, 0.05) is 18.4 Å². The van der Waals surface area contributed by atoms with Crippen LogP contribution < -0.4 is 4.90 Å². The lowest BCUT2D eigenvalue weighted by atomic mass is 10.1. The van der Waals surface area contributed by atoms with E-state index in [1.54, 1.807) is 18.2 Å². The smallest absolute Gasteiger partial charge is 0.216 e. The quantitative estimate of drug-likeness (QED) is 0.822. The standard InChI is InChI=1S/C12H13Cl2NO/c13-10-4-3-9(7-11(10)14)12(16)8-15-5-1-2-6-15/h3-4,7H,1-2,5-6,8H2/p+1.